The van der Waals surface area contributed by atoms with Crippen LogP contribution < -0.4 is 10.6 Å². The lowest BCUT2D eigenvalue weighted by Crippen LogP contribution is -2.51. The molecule has 4 rings (SSSR count). The second-order valence-corrected chi connectivity index (χ2v) is 9.27. The maximum absolute atomic E-state index is 12.8. The summed E-state index contributed by atoms with van der Waals surface area (Å²) >= 11 is 0. The minimum Gasteiger partial charge on any atom is -0.481 e. The fourth-order valence-corrected chi connectivity index (χ4v) is 5.26. The van der Waals surface area contributed by atoms with Crippen molar-refractivity contribution in [2.45, 2.75) is 63.5 Å². The summed E-state index contributed by atoms with van der Waals surface area (Å²) in [5.41, 5.74) is 4.40. The molecule has 2 aliphatic rings. The number of aliphatic carboxylic acids is 1. The summed E-state index contributed by atoms with van der Waals surface area (Å²) < 4.78 is 5.50. The maximum atomic E-state index is 12.8. The minimum absolute atomic E-state index is 0.00630. The van der Waals surface area contributed by atoms with Crippen molar-refractivity contribution in [3.05, 3.63) is 59.7 Å². The number of hydrogen-bond donors (Lipinski definition) is 3. The van der Waals surface area contributed by atoms with Gasteiger partial charge in [0.25, 0.3) is 0 Å². The normalized spacial score (nSPS) is 20.0. The van der Waals surface area contributed by atoms with E-state index in [2.05, 4.69) is 29.7 Å². The third-order valence-electron chi connectivity index (χ3n) is 7.04. The molecule has 2 aromatic carbocycles. The molecule has 1 saturated carbocycles. The number of rotatable bonds is 8. The van der Waals surface area contributed by atoms with Gasteiger partial charge in [0.2, 0.25) is 5.91 Å². The Morgan fingerprint density at radius 2 is 1.68 bits per heavy atom. The van der Waals surface area contributed by atoms with Crippen molar-refractivity contribution in [3.63, 3.8) is 0 Å². The Balaban J connectivity index is 1.38. The average Bonchev–Trinajstić information content (AvgIpc) is 3.16. The molecule has 0 bridgehead atoms. The van der Waals surface area contributed by atoms with E-state index in [-0.39, 0.29) is 18.6 Å². The first-order valence-electron chi connectivity index (χ1n) is 12.1. The van der Waals surface area contributed by atoms with E-state index >= 15 is 0 Å². The molecule has 3 N–H and O–H groups in total. The van der Waals surface area contributed by atoms with Gasteiger partial charge < -0.3 is 20.5 Å². The van der Waals surface area contributed by atoms with Gasteiger partial charge in [0.05, 0.1) is 6.42 Å². The molecule has 34 heavy (non-hydrogen) atoms. The lowest BCUT2D eigenvalue weighted by Gasteiger charge is -2.30. The number of hydrogen-bond acceptors (Lipinski definition) is 4. The van der Waals surface area contributed by atoms with Crippen molar-refractivity contribution < 1.29 is 24.2 Å². The molecule has 0 aromatic heterocycles. The molecular weight excluding hydrogens is 432 g/mol. The number of alkyl carbamates (subject to hydrolysis) is 1. The van der Waals surface area contributed by atoms with Crippen LogP contribution in [0.5, 0.6) is 0 Å². The Labute approximate surface area is 199 Å². The van der Waals surface area contributed by atoms with Crippen LogP contribution in [-0.2, 0) is 14.3 Å². The summed E-state index contributed by atoms with van der Waals surface area (Å²) in [6, 6.07) is 14.9. The molecule has 0 spiro atoms. The largest absolute Gasteiger partial charge is 0.481 e. The SMILES string of the molecule is CCC1CCCC(NC(=O)C(CC(=O)O)NC(=O)OCC2c3ccccc3-c3ccccc32)C1. The Bertz CT molecular complexity index is 1010. The van der Waals surface area contributed by atoms with E-state index < -0.39 is 30.4 Å². The fraction of sp³-hybridized carbons (Fsp3) is 0.444. The molecule has 0 aliphatic heterocycles. The van der Waals surface area contributed by atoms with E-state index in [4.69, 9.17) is 4.74 Å². The molecule has 2 aromatic rings. The molecule has 2 aliphatic carbocycles. The maximum Gasteiger partial charge on any atom is 0.407 e. The summed E-state index contributed by atoms with van der Waals surface area (Å²) in [7, 11) is 0. The van der Waals surface area contributed by atoms with Gasteiger partial charge >= 0.3 is 12.1 Å². The molecule has 0 saturated heterocycles. The Kier molecular flexibility index (Phi) is 7.50. The fourth-order valence-electron chi connectivity index (χ4n) is 5.26. The third-order valence-corrected chi connectivity index (χ3v) is 7.04. The number of ether oxygens (including phenoxy) is 1. The smallest absolute Gasteiger partial charge is 0.407 e. The van der Waals surface area contributed by atoms with Crippen molar-refractivity contribution >= 4 is 18.0 Å². The minimum atomic E-state index is -1.19. The summed E-state index contributed by atoms with van der Waals surface area (Å²) in [6.07, 6.45) is 3.70. The van der Waals surface area contributed by atoms with E-state index in [1.165, 1.54) is 0 Å². The van der Waals surface area contributed by atoms with Crippen LogP contribution in [0.4, 0.5) is 4.79 Å². The highest BCUT2D eigenvalue weighted by Crippen LogP contribution is 2.44. The highest BCUT2D eigenvalue weighted by Gasteiger charge is 2.31. The monoisotopic (exact) mass is 464 g/mol. The Morgan fingerprint density at radius 1 is 1.03 bits per heavy atom. The first-order chi connectivity index (χ1) is 16.5. The summed E-state index contributed by atoms with van der Waals surface area (Å²) in [6.45, 7) is 2.24. The van der Waals surface area contributed by atoms with Gasteiger partial charge in [-0.05, 0) is 41.0 Å². The number of benzene rings is 2. The molecule has 3 unspecified atom stereocenters. The number of amides is 2. The van der Waals surface area contributed by atoms with E-state index in [1.54, 1.807) is 0 Å². The second kappa shape index (κ2) is 10.7. The van der Waals surface area contributed by atoms with Gasteiger partial charge in [0, 0.05) is 12.0 Å². The lowest BCUT2D eigenvalue weighted by molar-refractivity contribution is -0.140. The molecule has 7 nitrogen and oxygen atoms in total. The van der Waals surface area contributed by atoms with E-state index in [0.717, 1.165) is 54.4 Å². The number of carbonyl (C=O) groups excluding carboxylic acids is 2. The van der Waals surface area contributed by atoms with E-state index in [1.807, 2.05) is 36.4 Å². The van der Waals surface area contributed by atoms with Gasteiger partial charge in [-0.1, -0.05) is 74.7 Å². The number of fused-ring (bicyclic) bond motifs is 3. The van der Waals surface area contributed by atoms with Crippen LogP contribution >= 0.6 is 0 Å². The topological polar surface area (TPSA) is 105 Å². The standard InChI is InChI=1S/C27H32N2O5/c1-2-17-8-7-9-18(14-17)28-26(32)24(15-25(30)31)29-27(33)34-16-23-21-12-5-3-10-19(21)20-11-4-6-13-22(20)23/h3-6,10-13,17-18,23-24H,2,7-9,14-16H2,1H3,(H,28,32)(H,29,33)(H,30,31). The second-order valence-electron chi connectivity index (χ2n) is 9.27. The van der Waals surface area contributed by atoms with Gasteiger partial charge in [-0.15, -0.1) is 0 Å². The van der Waals surface area contributed by atoms with Crippen LogP contribution in [0.1, 0.15) is 62.5 Å². The molecule has 3 atom stereocenters. The number of carboxylic acid groups (broad SMARTS) is 1. The zero-order valence-corrected chi connectivity index (χ0v) is 19.5. The first-order valence-corrected chi connectivity index (χ1v) is 12.1. The van der Waals surface area contributed by atoms with Crippen LogP contribution in [0.15, 0.2) is 48.5 Å². The summed E-state index contributed by atoms with van der Waals surface area (Å²) in [4.78, 5) is 36.8. The number of nitrogens with one attached hydrogen (secondary N) is 2. The Morgan fingerprint density at radius 3 is 2.29 bits per heavy atom. The predicted octanol–water partition coefficient (Wildman–Crippen LogP) is 4.45. The van der Waals surface area contributed by atoms with Crippen molar-refractivity contribution in [3.8, 4) is 11.1 Å². The van der Waals surface area contributed by atoms with Gasteiger partial charge in [0.15, 0.2) is 0 Å². The lowest BCUT2D eigenvalue weighted by atomic mass is 9.84. The predicted molar refractivity (Wildman–Crippen MR) is 128 cm³/mol. The molecule has 0 heterocycles. The van der Waals surface area contributed by atoms with Crippen molar-refractivity contribution in [1.82, 2.24) is 10.6 Å². The molecule has 2 amide bonds. The van der Waals surface area contributed by atoms with Gasteiger partial charge in [-0.3, -0.25) is 9.59 Å². The number of carboxylic acids is 1. The van der Waals surface area contributed by atoms with Crippen LogP contribution in [0.2, 0.25) is 0 Å². The summed E-state index contributed by atoms with van der Waals surface area (Å²) in [5.74, 6) is -1.18. The Hall–Kier alpha value is -3.35. The summed E-state index contributed by atoms with van der Waals surface area (Å²) in [5, 5.41) is 14.7. The van der Waals surface area contributed by atoms with Crippen LogP contribution in [0.25, 0.3) is 11.1 Å². The molecule has 180 valence electrons. The van der Waals surface area contributed by atoms with Crippen LogP contribution in [-0.4, -0.2) is 41.8 Å². The molecular formula is C27H32N2O5. The van der Waals surface area contributed by atoms with Crippen LogP contribution in [0.3, 0.4) is 0 Å². The van der Waals surface area contributed by atoms with Crippen molar-refractivity contribution in [2.75, 3.05) is 6.61 Å². The molecule has 7 heteroatoms. The molecule has 1 fully saturated rings. The van der Waals surface area contributed by atoms with E-state index in [0.29, 0.717) is 5.92 Å². The van der Waals surface area contributed by atoms with Crippen molar-refractivity contribution in [2.24, 2.45) is 5.92 Å². The van der Waals surface area contributed by atoms with Crippen LogP contribution in [0, 0.1) is 5.92 Å². The van der Waals surface area contributed by atoms with Gasteiger partial charge in [-0.25, -0.2) is 4.79 Å². The zero-order valence-electron chi connectivity index (χ0n) is 19.5. The van der Waals surface area contributed by atoms with Gasteiger partial charge in [0.1, 0.15) is 12.6 Å². The number of carbonyl (C=O) groups is 3. The highest BCUT2D eigenvalue weighted by atomic mass is 16.5. The van der Waals surface area contributed by atoms with E-state index in [9.17, 15) is 19.5 Å². The van der Waals surface area contributed by atoms with Crippen molar-refractivity contribution in [1.29, 1.82) is 0 Å². The average molecular weight is 465 g/mol. The highest BCUT2D eigenvalue weighted by molar-refractivity contribution is 5.89. The quantitative estimate of drug-likeness (QED) is 0.535. The van der Waals surface area contributed by atoms with Gasteiger partial charge in [-0.2, -0.15) is 0 Å². The zero-order chi connectivity index (χ0) is 24.1. The molecule has 0 radical (unpaired) electrons. The third kappa shape index (κ3) is 5.41. The first kappa shape index (κ1) is 23.8.